The first-order valence-corrected chi connectivity index (χ1v) is 6.08. The van der Waals surface area contributed by atoms with Crippen LogP contribution in [0.25, 0.3) is 11.3 Å². The monoisotopic (exact) mass is 337 g/mol. The van der Waals surface area contributed by atoms with Gasteiger partial charge in [0, 0.05) is 5.56 Å². The molecule has 0 saturated carbocycles. The molecular weight excluding hydrogens is 328 g/mol. The number of hydrogen-bond acceptors (Lipinski definition) is 3. The summed E-state index contributed by atoms with van der Waals surface area (Å²) in [6.45, 7) is 0. The molecule has 0 radical (unpaired) electrons. The summed E-state index contributed by atoms with van der Waals surface area (Å²) in [6.07, 6.45) is -9.61. The Bertz CT molecular complexity index is 696. The summed E-state index contributed by atoms with van der Waals surface area (Å²) in [5.41, 5.74) is -1.43. The van der Waals surface area contributed by atoms with Crippen molar-refractivity contribution in [2.24, 2.45) is 0 Å². The van der Waals surface area contributed by atoms with E-state index in [1.165, 1.54) is 19.2 Å². The van der Waals surface area contributed by atoms with Gasteiger partial charge in [-0.2, -0.15) is 13.2 Å². The molecule has 2 aromatic rings. The Morgan fingerprint density at radius 2 is 1.65 bits per heavy atom. The second-order valence-electron chi connectivity index (χ2n) is 4.32. The van der Waals surface area contributed by atoms with Crippen molar-refractivity contribution in [2.45, 2.75) is 12.5 Å². The molecule has 0 amide bonds. The first-order valence-electron chi connectivity index (χ1n) is 6.08. The zero-order valence-electron chi connectivity index (χ0n) is 11.5. The standard InChI is InChI=1S/C14H9F6NO2/c1-22-10-5-6-11(13(15,16)17)21-12(10)8-3-2-4-9(7-8)23-14(18,19)20/h2-7H,1H3. The second kappa shape index (κ2) is 5.98. The van der Waals surface area contributed by atoms with Crippen LogP contribution < -0.4 is 9.47 Å². The van der Waals surface area contributed by atoms with Crippen LogP contribution in [0.1, 0.15) is 5.69 Å². The molecule has 0 atom stereocenters. The van der Waals surface area contributed by atoms with E-state index in [0.29, 0.717) is 0 Å². The number of methoxy groups -OCH3 is 1. The molecule has 0 N–H and O–H groups in total. The maximum absolute atomic E-state index is 12.7. The van der Waals surface area contributed by atoms with Gasteiger partial charge in [0.05, 0.1) is 7.11 Å². The summed E-state index contributed by atoms with van der Waals surface area (Å²) in [5, 5.41) is 0. The SMILES string of the molecule is COc1ccc(C(F)(F)F)nc1-c1cccc(OC(F)(F)F)c1. The van der Waals surface area contributed by atoms with Crippen LogP contribution in [0.4, 0.5) is 26.3 Å². The fourth-order valence-corrected chi connectivity index (χ4v) is 1.82. The lowest BCUT2D eigenvalue weighted by atomic mass is 10.1. The summed E-state index contributed by atoms with van der Waals surface area (Å²) in [6, 6.07) is 6.22. The van der Waals surface area contributed by atoms with Gasteiger partial charge < -0.3 is 9.47 Å². The lowest BCUT2D eigenvalue weighted by Gasteiger charge is -2.13. The zero-order valence-corrected chi connectivity index (χ0v) is 11.5. The lowest BCUT2D eigenvalue weighted by molar-refractivity contribution is -0.274. The molecule has 0 spiro atoms. The van der Waals surface area contributed by atoms with Crippen LogP contribution >= 0.6 is 0 Å². The maximum atomic E-state index is 12.7. The van der Waals surface area contributed by atoms with E-state index >= 15 is 0 Å². The van der Waals surface area contributed by atoms with E-state index in [9.17, 15) is 26.3 Å². The Morgan fingerprint density at radius 1 is 0.957 bits per heavy atom. The van der Waals surface area contributed by atoms with Crippen molar-refractivity contribution < 1.29 is 35.8 Å². The van der Waals surface area contributed by atoms with Crippen molar-refractivity contribution in [3.8, 4) is 22.8 Å². The molecule has 124 valence electrons. The molecule has 0 bridgehead atoms. The molecule has 0 fully saturated rings. The van der Waals surface area contributed by atoms with Crippen molar-refractivity contribution >= 4 is 0 Å². The number of alkyl halides is 6. The number of nitrogens with zero attached hydrogens (tertiary/aromatic N) is 1. The van der Waals surface area contributed by atoms with Crippen molar-refractivity contribution in [1.82, 2.24) is 4.98 Å². The number of aromatic nitrogens is 1. The molecule has 3 nitrogen and oxygen atoms in total. The highest BCUT2D eigenvalue weighted by molar-refractivity contribution is 5.68. The summed E-state index contributed by atoms with van der Waals surface area (Å²) in [4.78, 5) is 3.44. The van der Waals surface area contributed by atoms with Gasteiger partial charge in [-0.25, -0.2) is 4.98 Å². The van der Waals surface area contributed by atoms with Crippen LogP contribution in [0.5, 0.6) is 11.5 Å². The fraction of sp³-hybridized carbons (Fsp3) is 0.214. The number of rotatable bonds is 3. The highest BCUT2D eigenvalue weighted by Gasteiger charge is 2.34. The summed E-state index contributed by atoms with van der Waals surface area (Å²) < 4.78 is 83.6. The van der Waals surface area contributed by atoms with Crippen molar-refractivity contribution in [2.75, 3.05) is 7.11 Å². The van der Waals surface area contributed by atoms with Gasteiger partial charge in [-0.1, -0.05) is 12.1 Å². The predicted octanol–water partition coefficient (Wildman–Crippen LogP) is 4.67. The minimum atomic E-state index is -4.91. The predicted molar refractivity (Wildman–Crippen MR) is 67.9 cm³/mol. The molecule has 2 rings (SSSR count). The molecular formula is C14H9F6NO2. The van der Waals surface area contributed by atoms with Crippen LogP contribution in [0.3, 0.4) is 0 Å². The Balaban J connectivity index is 2.50. The Kier molecular flexibility index (Phi) is 4.39. The highest BCUT2D eigenvalue weighted by Crippen LogP contribution is 2.35. The van der Waals surface area contributed by atoms with Gasteiger partial charge in [-0.15, -0.1) is 13.2 Å². The number of pyridine rings is 1. The topological polar surface area (TPSA) is 31.4 Å². The summed E-state index contributed by atoms with van der Waals surface area (Å²) in [5.74, 6) is -0.585. The number of benzene rings is 1. The number of halogens is 6. The summed E-state index contributed by atoms with van der Waals surface area (Å²) in [7, 11) is 1.21. The van der Waals surface area contributed by atoms with Crippen LogP contribution in [-0.4, -0.2) is 18.5 Å². The van der Waals surface area contributed by atoms with Crippen LogP contribution in [0, 0.1) is 0 Å². The van der Waals surface area contributed by atoms with Crippen LogP contribution in [0.15, 0.2) is 36.4 Å². The maximum Gasteiger partial charge on any atom is 0.573 e. The molecule has 1 aromatic carbocycles. The van der Waals surface area contributed by atoms with E-state index in [4.69, 9.17) is 4.74 Å². The van der Waals surface area contributed by atoms with Crippen LogP contribution in [0.2, 0.25) is 0 Å². The smallest absolute Gasteiger partial charge is 0.494 e. The Morgan fingerprint density at radius 3 is 2.22 bits per heavy atom. The second-order valence-corrected chi connectivity index (χ2v) is 4.32. The minimum Gasteiger partial charge on any atom is -0.494 e. The fourth-order valence-electron chi connectivity index (χ4n) is 1.82. The van der Waals surface area contributed by atoms with E-state index in [0.717, 1.165) is 24.3 Å². The van der Waals surface area contributed by atoms with Crippen LogP contribution in [-0.2, 0) is 6.18 Å². The third-order valence-corrected chi connectivity index (χ3v) is 2.71. The lowest BCUT2D eigenvalue weighted by Crippen LogP contribution is -2.17. The first kappa shape index (κ1) is 16.9. The quantitative estimate of drug-likeness (QED) is 0.763. The minimum absolute atomic E-state index is 0.00491. The average Bonchev–Trinajstić information content (AvgIpc) is 2.44. The van der Waals surface area contributed by atoms with E-state index in [-0.39, 0.29) is 17.0 Å². The largest absolute Gasteiger partial charge is 0.573 e. The summed E-state index contributed by atoms with van der Waals surface area (Å²) >= 11 is 0. The number of hydrogen-bond donors (Lipinski definition) is 0. The van der Waals surface area contributed by atoms with Gasteiger partial charge >= 0.3 is 12.5 Å². The molecule has 0 aliphatic carbocycles. The molecule has 0 unspecified atom stereocenters. The molecule has 1 heterocycles. The third-order valence-electron chi connectivity index (χ3n) is 2.71. The Hall–Kier alpha value is -2.45. The van der Waals surface area contributed by atoms with Gasteiger partial charge in [-0.3, -0.25) is 0 Å². The highest BCUT2D eigenvalue weighted by atomic mass is 19.4. The van der Waals surface area contributed by atoms with E-state index in [1.807, 2.05) is 0 Å². The first-order chi connectivity index (χ1) is 10.6. The van der Waals surface area contributed by atoms with Crippen molar-refractivity contribution in [3.05, 3.63) is 42.1 Å². The Labute approximate surface area is 126 Å². The van der Waals surface area contributed by atoms with Gasteiger partial charge in [0.2, 0.25) is 0 Å². The van der Waals surface area contributed by atoms with E-state index in [1.54, 1.807) is 0 Å². The normalized spacial score (nSPS) is 12.1. The average molecular weight is 337 g/mol. The van der Waals surface area contributed by atoms with Gasteiger partial charge in [0.15, 0.2) is 0 Å². The molecule has 23 heavy (non-hydrogen) atoms. The van der Waals surface area contributed by atoms with Crippen molar-refractivity contribution in [1.29, 1.82) is 0 Å². The van der Waals surface area contributed by atoms with E-state index < -0.39 is 24.0 Å². The van der Waals surface area contributed by atoms with Crippen molar-refractivity contribution in [3.63, 3.8) is 0 Å². The van der Waals surface area contributed by atoms with Gasteiger partial charge in [0.25, 0.3) is 0 Å². The molecule has 0 saturated heterocycles. The molecule has 1 aromatic heterocycles. The van der Waals surface area contributed by atoms with E-state index in [2.05, 4.69) is 9.72 Å². The molecule has 0 aliphatic rings. The number of ether oxygens (including phenoxy) is 2. The van der Waals surface area contributed by atoms with Gasteiger partial charge in [0.1, 0.15) is 22.9 Å². The third kappa shape index (κ3) is 4.27. The zero-order chi connectivity index (χ0) is 17.3. The molecule has 9 heteroatoms. The van der Waals surface area contributed by atoms with Gasteiger partial charge in [-0.05, 0) is 24.3 Å². The molecule has 0 aliphatic heterocycles.